The van der Waals surface area contributed by atoms with Crippen LogP contribution in [0, 0.1) is 0 Å². The second kappa shape index (κ2) is 9.73. The Morgan fingerprint density at radius 3 is 1.47 bits per heavy atom. The molecule has 0 atom stereocenters. The summed E-state index contributed by atoms with van der Waals surface area (Å²) in [6.07, 6.45) is 0. The lowest BCUT2D eigenvalue weighted by Crippen LogP contribution is -1.94. The SMILES string of the molecule is c1ccc(-c2c3ccccc3c(-c3ccc(-c4ccc5c6c(cccc46)-c4ccccc4S5)cc3)c3ccccc23)cc1. The van der Waals surface area contributed by atoms with E-state index in [1.54, 1.807) is 0 Å². The van der Waals surface area contributed by atoms with Crippen LogP contribution in [-0.2, 0) is 0 Å². The number of rotatable bonds is 3. The van der Waals surface area contributed by atoms with Crippen LogP contribution in [0.3, 0.4) is 0 Å². The van der Waals surface area contributed by atoms with E-state index < -0.39 is 0 Å². The summed E-state index contributed by atoms with van der Waals surface area (Å²) in [6, 6.07) is 57.9. The van der Waals surface area contributed by atoms with Gasteiger partial charge in [0.05, 0.1) is 0 Å². The van der Waals surface area contributed by atoms with E-state index in [2.05, 4.69) is 158 Å². The Balaban J connectivity index is 1.23. The summed E-state index contributed by atoms with van der Waals surface area (Å²) in [6.45, 7) is 0. The Hall–Kier alpha value is -5.11. The first-order valence-electron chi connectivity index (χ1n) is 14.8. The maximum absolute atomic E-state index is 2.31. The van der Waals surface area contributed by atoms with Gasteiger partial charge in [-0.1, -0.05) is 157 Å². The average molecular weight is 563 g/mol. The quantitative estimate of drug-likeness (QED) is 0.193. The van der Waals surface area contributed by atoms with Crippen LogP contribution in [0.4, 0.5) is 0 Å². The normalized spacial score (nSPS) is 12.1. The molecular formula is C42H26S. The van der Waals surface area contributed by atoms with Gasteiger partial charge in [0.2, 0.25) is 0 Å². The highest BCUT2D eigenvalue weighted by Gasteiger charge is 2.21. The highest BCUT2D eigenvalue weighted by Crippen LogP contribution is 2.50. The van der Waals surface area contributed by atoms with E-state index in [1.807, 2.05) is 11.8 Å². The van der Waals surface area contributed by atoms with Crippen molar-refractivity contribution in [2.75, 3.05) is 0 Å². The third-order valence-corrected chi connectivity index (χ3v) is 10.0. The summed E-state index contributed by atoms with van der Waals surface area (Å²) in [5.74, 6) is 0. The lowest BCUT2D eigenvalue weighted by Gasteiger charge is -2.21. The average Bonchev–Trinajstić information content (AvgIpc) is 3.08. The molecule has 0 bridgehead atoms. The molecule has 0 aromatic heterocycles. The molecular weight excluding hydrogens is 537 g/mol. The lowest BCUT2D eigenvalue weighted by atomic mass is 9.85. The highest BCUT2D eigenvalue weighted by molar-refractivity contribution is 7.99. The van der Waals surface area contributed by atoms with Gasteiger partial charge in [0.25, 0.3) is 0 Å². The van der Waals surface area contributed by atoms with Crippen LogP contribution in [0.2, 0.25) is 0 Å². The van der Waals surface area contributed by atoms with Crippen molar-refractivity contribution in [3.8, 4) is 44.5 Å². The molecule has 0 radical (unpaired) electrons. The number of hydrogen-bond donors (Lipinski definition) is 0. The van der Waals surface area contributed by atoms with Crippen LogP contribution in [0.5, 0.6) is 0 Å². The summed E-state index contributed by atoms with van der Waals surface area (Å²) in [4.78, 5) is 2.67. The molecule has 0 saturated heterocycles. The van der Waals surface area contributed by atoms with E-state index in [0.29, 0.717) is 0 Å². The number of hydrogen-bond acceptors (Lipinski definition) is 1. The van der Waals surface area contributed by atoms with Gasteiger partial charge in [-0.3, -0.25) is 0 Å². The van der Waals surface area contributed by atoms with E-state index in [0.717, 1.165) is 0 Å². The molecule has 0 spiro atoms. The van der Waals surface area contributed by atoms with Crippen molar-refractivity contribution < 1.29 is 0 Å². The van der Waals surface area contributed by atoms with E-state index >= 15 is 0 Å². The molecule has 1 heteroatoms. The topological polar surface area (TPSA) is 0 Å². The minimum absolute atomic E-state index is 1.24. The van der Waals surface area contributed by atoms with Crippen LogP contribution in [-0.4, -0.2) is 0 Å². The van der Waals surface area contributed by atoms with Crippen molar-refractivity contribution >= 4 is 44.1 Å². The van der Waals surface area contributed by atoms with Gasteiger partial charge < -0.3 is 0 Å². The third kappa shape index (κ3) is 3.79. The fraction of sp³-hybridized carbons (Fsp3) is 0. The predicted molar refractivity (Wildman–Crippen MR) is 185 cm³/mol. The number of fused-ring (bicyclic) bond motifs is 4. The largest absolute Gasteiger partial charge is 0.0888 e. The maximum atomic E-state index is 2.31. The first-order chi connectivity index (χ1) is 21.3. The molecule has 1 heterocycles. The zero-order valence-electron chi connectivity index (χ0n) is 23.4. The fourth-order valence-corrected chi connectivity index (χ4v) is 8.13. The minimum Gasteiger partial charge on any atom is -0.0888 e. The molecule has 200 valence electrons. The minimum atomic E-state index is 1.24. The molecule has 0 unspecified atom stereocenters. The molecule has 0 N–H and O–H groups in total. The highest BCUT2D eigenvalue weighted by atomic mass is 32.2. The van der Waals surface area contributed by atoms with Crippen molar-refractivity contribution in [2.45, 2.75) is 9.79 Å². The number of benzene rings is 8. The Morgan fingerprint density at radius 2 is 0.791 bits per heavy atom. The zero-order chi connectivity index (χ0) is 28.3. The van der Waals surface area contributed by atoms with Gasteiger partial charge in [-0.25, -0.2) is 0 Å². The maximum Gasteiger partial charge on any atom is 0.0207 e. The second-order valence-electron chi connectivity index (χ2n) is 11.2. The first-order valence-corrected chi connectivity index (χ1v) is 15.6. The first kappa shape index (κ1) is 24.5. The molecule has 0 amide bonds. The standard InChI is InChI=1S/C42H26S/c1-2-11-28(12-3-1)40-34-14-4-6-16-36(34)41(37-17-7-5-15-35(37)40)29-23-21-27(22-24-29)30-25-26-39-42-32(30)18-10-19-33(42)31-13-8-9-20-38(31)43-39/h1-26H. The summed E-state index contributed by atoms with van der Waals surface area (Å²) in [5.41, 5.74) is 10.3. The molecule has 0 saturated carbocycles. The van der Waals surface area contributed by atoms with Gasteiger partial charge in [-0.05, 0) is 83.6 Å². The van der Waals surface area contributed by atoms with Gasteiger partial charge in [-0.2, -0.15) is 0 Å². The summed E-state index contributed by atoms with van der Waals surface area (Å²) in [7, 11) is 0. The van der Waals surface area contributed by atoms with Gasteiger partial charge in [0, 0.05) is 15.2 Å². The molecule has 1 aliphatic rings. The molecule has 0 aliphatic carbocycles. The summed E-state index contributed by atoms with van der Waals surface area (Å²) in [5, 5.41) is 7.81. The molecule has 1 aliphatic heterocycles. The summed E-state index contributed by atoms with van der Waals surface area (Å²) < 4.78 is 0. The predicted octanol–water partition coefficient (Wildman–Crippen LogP) is 12.3. The fourth-order valence-electron chi connectivity index (χ4n) is 7.00. The van der Waals surface area contributed by atoms with Crippen molar-refractivity contribution in [1.82, 2.24) is 0 Å². The van der Waals surface area contributed by atoms with Gasteiger partial charge in [0.15, 0.2) is 0 Å². The Morgan fingerprint density at radius 1 is 0.279 bits per heavy atom. The van der Waals surface area contributed by atoms with Crippen molar-refractivity contribution in [2.24, 2.45) is 0 Å². The van der Waals surface area contributed by atoms with E-state index in [4.69, 9.17) is 0 Å². The molecule has 0 nitrogen and oxygen atoms in total. The third-order valence-electron chi connectivity index (χ3n) is 8.88. The Bertz CT molecular complexity index is 2290. The van der Waals surface area contributed by atoms with Crippen molar-refractivity contribution in [1.29, 1.82) is 0 Å². The van der Waals surface area contributed by atoms with Crippen LogP contribution in [0.15, 0.2) is 168 Å². The van der Waals surface area contributed by atoms with Crippen molar-refractivity contribution in [3.05, 3.63) is 158 Å². The monoisotopic (exact) mass is 562 g/mol. The molecule has 43 heavy (non-hydrogen) atoms. The Kier molecular flexibility index (Phi) is 5.54. The van der Waals surface area contributed by atoms with Gasteiger partial charge >= 0.3 is 0 Å². The van der Waals surface area contributed by atoms with Crippen LogP contribution in [0.25, 0.3) is 76.8 Å². The van der Waals surface area contributed by atoms with Gasteiger partial charge in [0.1, 0.15) is 0 Å². The molecule has 8 aromatic carbocycles. The Labute approximate surface area is 255 Å². The van der Waals surface area contributed by atoms with Gasteiger partial charge in [-0.15, -0.1) is 0 Å². The van der Waals surface area contributed by atoms with Crippen LogP contribution < -0.4 is 0 Å². The lowest BCUT2D eigenvalue weighted by molar-refractivity contribution is 1.40. The molecule has 0 fully saturated rings. The smallest absolute Gasteiger partial charge is 0.0207 e. The molecule has 9 rings (SSSR count). The van der Waals surface area contributed by atoms with Crippen LogP contribution in [0.1, 0.15) is 0 Å². The second-order valence-corrected chi connectivity index (χ2v) is 12.3. The summed E-state index contributed by atoms with van der Waals surface area (Å²) >= 11 is 1.88. The van der Waals surface area contributed by atoms with Crippen molar-refractivity contribution in [3.63, 3.8) is 0 Å². The van der Waals surface area contributed by atoms with E-state index in [-0.39, 0.29) is 0 Å². The van der Waals surface area contributed by atoms with E-state index in [1.165, 1.54) is 86.6 Å². The van der Waals surface area contributed by atoms with Crippen LogP contribution >= 0.6 is 11.8 Å². The zero-order valence-corrected chi connectivity index (χ0v) is 24.2. The van der Waals surface area contributed by atoms with E-state index in [9.17, 15) is 0 Å². The molecule has 8 aromatic rings.